The molecular formula is C15H18N4O3. The van der Waals surface area contributed by atoms with Gasteiger partial charge in [-0.25, -0.2) is 14.9 Å². The molecule has 1 saturated heterocycles. The first-order chi connectivity index (χ1) is 10.5. The molecule has 7 heteroatoms. The molecular weight excluding hydrogens is 284 g/mol. The number of likely N-dealkylation sites (tertiary alicyclic amines) is 1. The minimum absolute atomic E-state index is 0.0526. The maximum Gasteiger partial charge on any atom is 0.434 e. The van der Waals surface area contributed by atoms with E-state index < -0.39 is 5.76 Å². The largest absolute Gasteiger partial charge is 0.434 e. The number of piperidine rings is 1. The Hall–Kier alpha value is -2.44. The van der Waals surface area contributed by atoms with Crippen LogP contribution in [0.1, 0.15) is 46.4 Å². The summed E-state index contributed by atoms with van der Waals surface area (Å²) in [4.78, 5) is 29.8. The van der Waals surface area contributed by atoms with Crippen LogP contribution in [0, 0.1) is 13.8 Å². The maximum absolute atomic E-state index is 12.6. The van der Waals surface area contributed by atoms with Crippen LogP contribution in [0.4, 0.5) is 0 Å². The molecule has 22 heavy (non-hydrogen) atoms. The van der Waals surface area contributed by atoms with Crippen molar-refractivity contribution in [2.75, 3.05) is 13.1 Å². The van der Waals surface area contributed by atoms with Crippen LogP contribution in [-0.4, -0.2) is 39.1 Å². The molecule has 7 nitrogen and oxygen atoms in total. The first kappa shape index (κ1) is 14.5. The van der Waals surface area contributed by atoms with Crippen molar-refractivity contribution in [1.29, 1.82) is 0 Å². The second-order valence-electron chi connectivity index (χ2n) is 5.64. The molecule has 2 aromatic rings. The number of aryl methyl sites for hydroxylation is 2. The van der Waals surface area contributed by atoms with E-state index >= 15 is 0 Å². The van der Waals surface area contributed by atoms with Gasteiger partial charge in [-0.1, -0.05) is 6.07 Å². The van der Waals surface area contributed by atoms with Gasteiger partial charge in [0.25, 0.3) is 5.91 Å². The predicted octanol–water partition coefficient (Wildman–Crippen LogP) is 1.39. The number of nitrogens with one attached hydrogen (secondary N) is 1. The van der Waals surface area contributed by atoms with Crippen LogP contribution in [0.5, 0.6) is 0 Å². The molecule has 1 aliphatic rings. The van der Waals surface area contributed by atoms with Gasteiger partial charge in [0.1, 0.15) is 5.69 Å². The van der Waals surface area contributed by atoms with Gasteiger partial charge < -0.3 is 9.32 Å². The fourth-order valence-corrected chi connectivity index (χ4v) is 2.69. The molecule has 1 atom stereocenters. The quantitative estimate of drug-likeness (QED) is 0.905. The maximum atomic E-state index is 12.6. The SMILES string of the molecule is Cc1ccc(C(=O)N2CCCC(c3n[nH]c(=O)o3)C2)nc1C. The molecule has 3 heterocycles. The van der Waals surface area contributed by atoms with E-state index in [9.17, 15) is 9.59 Å². The fourth-order valence-electron chi connectivity index (χ4n) is 2.69. The summed E-state index contributed by atoms with van der Waals surface area (Å²) in [5.41, 5.74) is 2.37. The summed E-state index contributed by atoms with van der Waals surface area (Å²) in [5, 5.41) is 6.14. The van der Waals surface area contributed by atoms with Crippen molar-refractivity contribution in [2.45, 2.75) is 32.6 Å². The number of hydrogen-bond acceptors (Lipinski definition) is 5. The van der Waals surface area contributed by atoms with Crippen molar-refractivity contribution in [2.24, 2.45) is 0 Å². The number of rotatable bonds is 2. The summed E-state index contributed by atoms with van der Waals surface area (Å²) >= 11 is 0. The van der Waals surface area contributed by atoms with Crippen LogP contribution >= 0.6 is 0 Å². The summed E-state index contributed by atoms with van der Waals surface area (Å²) < 4.78 is 5.02. The standard InChI is InChI=1S/C15H18N4O3/c1-9-5-6-12(16-10(9)2)14(20)19-7-3-4-11(8-19)13-17-18-15(21)22-13/h5-6,11H,3-4,7-8H2,1-2H3,(H,18,21). The Morgan fingerprint density at radius 3 is 2.91 bits per heavy atom. The fraction of sp³-hybridized carbons (Fsp3) is 0.467. The summed E-state index contributed by atoms with van der Waals surface area (Å²) in [5.74, 6) is -0.335. The summed E-state index contributed by atoms with van der Waals surface area (Å²) in [6.45, 7) is 5.02. The van der Waals surface area contributed by atoms with E-state index in [-0.39, 0.29) is 11.8 Å². The van der Waals surface area contributed by atoms with E-state index in [4.69, 9.17) is 4.42 Å². The third-order valence-electron chi connectivity index (χ3n) is 4.08. The highest BCUT2D eigenvalue weighted by atomic mass is 16.4. The average molecular weight is 302 g/mol. The lowest BCUT2D eigenvalue weighted by molar-refractivity contribution is 0.0691. The number of aromatic amines is 1. The minimum Gasteiger partial charge on any atom is -0.392 e. The van der Waals surface area contributed by atoms with Gasteiger partial charge in [-0.2, -0.15) is 0 Å². The van der Waals surface area contributed by atoms with Gasteiger partial charge in [0, 0.05) is 18.8 Å². The van der Waals surface area contributed by atoms with Crippen LogP contribution in [0.15, 0.2) is 21.3 Å². The van der Waals surface area contributed by atoms with Gasteiger partial charge in [0.05, 0.1) is 5.92 Å². The Bertz CT molecular complexity index is 749. The Balaban J connectivity index is 1.77. The lowest BCUT2D eigenvalue weighted by atomic mass is 9.97. The highest BCUT2D eigenvalue weighted by molar-refractivity contribution is 5.92. The van der Waals surface area contributed by atoms with Gasteiger partial charge in [-0.3, -0.25) is 4.79 Å². The zero-order valence-electron chi connectivity index (χ0n) is 12.6. The number of amides is 1. The van der Waals surface area contributed by atoms with Gasteiger partial charge in [-0.15, -0.1) is 5.10 Å². The number of nitrogens with zero attached hydrogens (tertiary/aromatic N) is 3. The topological polar surface area (TPSA) is 92.1 Å². The second kappa shape index (κ2) is 5.75. The summed E-state index contributed by atoms with van der Waals surface area (Å²) in [7, 11) is 0. The Morgan fingerprint density at radius 2 is 2.23 bits per heavy atom. The van der Waals surface area contributed by atoms with E-state index in [1.54, 1.807) is 11.0 Å². The van der Waals surface area contributed by atoms with Crippen molar-refractivity contribution < 1.29 is 9.21 Å². The van der Waals surface area contributed by atoms with Gasteiger partial charge >= 0.3 is 5.76 Å². The first-order valence-electron chi connectivity index (χ1n) is 7.33. The summed E-state index contributed by atoms with van der Waals surface area (Å²) in [6, 6.07) is 3.66. The molecule has 0 bridgehead atoms. The Kier molecular flexibility index (Phi) is 3.79. The minimum atomic E-state index is -0.561. The molecule has 1 N–H and O–H groups in total. The lowest BCUT2D eigenvalue weighted by Crippen LogP contribution is -2.39. The number of H-pyrrole nitrogens is 1. The zero-order valence-corrected chi connectivity index (χ0v) is 12.6. The Morgan fingerprint density at radius 1 is 1.41 bits per heavy atom. The van der Waals surface area contributed by atoms with Crippen LogP contribution in [0.25, 0.3) is 0 Å². The van der Waals surface area contributed by atoms with E-state index in [0.717, 1.165) is 24.1 Å². The number of aromatic nitrogens is 3. The van der Waals surface area contributed by atoms with Crippen LogP contribution in [-0.2, 0) is 0 Å². The highest BCUT2D eigenvalue weighted by Gasteiger charge is 2.29. The molecule has 1 amide bonds. The molecule has 0 saturated carbocycles. The highest BCUT2D eigenvalue weighted by Crippen LogP contribution is 2.25. The van der Waals surface area contributed by atoms with Gasteiger partial charge in [0.15, 0.2) is 0 Å². The molecule has 2 aromatic heterocycles. The average Bonchev–Trinajstić information content (AvgIpc) is 2.96. The van der Waals surface area contributed by atoms with Gasteiger partial charge in [-0.05, 0) is 38.3 Å². The van der Waals surface area contributed by atoms with E-state index in [1.807, 2.05) is 19.9 Å². The van der Waals surface area contributed by atoms with Crippen molar-refractivity contribution >= 4 is 5.91 Å². The normalized spacial score (nSPS) is 18.5. The molecule has 0 spiro atoms. The number of pyridine rings is 1. The molecule has 3 rings (SSSR count). The van der Waals surface area contributed by atoms with E-state index in [0.29, 0.717) is 24.7 Å². The second-order valence-corrected chi connectivity index (χ2v) is 5.64. The molecule has 1 aliphatic heterocycles. The first-order valence-corrected chi connectivity index (χ1v) is 7.33. The third kappa shape index (κ3) is 2.79. The summed E-state index contributed by atoms with van der Waals surface area (Å²) in [6.07, 6.45) is 1.69. The molecule has 1 unspecified atom stereocenters. The number of carbonyl (C=O) groups excluding carboxylic acids is 1. The molecule has 0 aromatic carbocycles. The van der Waals surface area contributed by atoms with Crippen LogP contribution < -0.4 is 5.76 Å². The van der Waals surface area contributed by atoms with Crippen LogP contribution in [0.2, 0.25) is 0 Å². The molecule has 0 radical (unpaired) electrons. The lowest BCUT2D eigenvalue weighted by Gasteiger charge is -2.30. The Labute approximate surface area is 127 Å². The van der Waals surface area contributed by atoms with Crippen molar-refractivity contribution in [3.05, 3.63) is 45.5 Å². The predicted molar refractivity (Wildman–Crippen MR) is 78.7 cm³/mol. The number of hydrogen-bond donors (Lipinski definition) is 1. The molecule has 116 valence electrons. The smallest absolute Gasteiger partial charge is 0.392 e. The van der Waals surface area contributed by atoms with Crippen molar-refractivity contribution in [1.82, 2.24) is 20.1 Å². The monoisotopic (exact) mass is 302 g/mol. The molecule has 1 fully saturated rings. The molecule has 0 aliphatic carbocycles. The van der Waals surface area contributed by atoms with E-state index in [2.05, 4.69) is 15.2 Å². The zero-order chi connectivity index (χ0) is 15.7. The third-order valence-corrected chi connectivity index (χ3v) is 4.08. The van der Waals surface area contributed by atoms with Crippen molar-refractivity contribution in [3.63, 3.8) is 0 Å². The van der Waals surface area contributed by atoms with Gasteiger partial charge in [0.2, 0.25) is 5.89 Å². The van der Waals surface area contributed by atoms with Crippen molar-refractivity contribution in [3.8, 4) is 0 Å². The van der Waals surface area contributed by atoms with E-state index in [1.165, 1.54) is 0 Å². The number of carbonyl (C=O) groups is 1. The van der Waals surface area contributed by atoms with Crippen LogP contribution in [0.3, 0.4) is 0 Å².